The summed E-state index contributed by atoms with van der Waals surface area (Å²) >= 11 is 0. The van der Waals surface area contributed by atoms with Crippen LogP contribution in [0.4, 0.5) is 5.69 Å². The van der Waals surface area contributed by atoms with Crippen molar-refractivity contribution in [3.05, 3.63) is 53.6 Å². The maximum absolute atomic E-state index is 12.4. The molecule has 1 amide bonds. The van der Waals surface area contributed by atoms with Gasteiger partial charge in [0.25, 0.3) is 0 Å². The smallest absolute Gasteiger partial charge is 0.240 e. The largest absolute Gasteiger partial charge is 0.492 e. The fourth-order valence-corrected chi connectivity index (χ4v) is 3.83. The third kappa shape index (κ3) is 4.23. The lowest BCUT2D eigenvalue weighted by Gasteiger charge is -2.11. The Kier molecular flexibility index (Phi) is 5.29. The van der Waals surface area contributed by atoms with Gasteiger partial charge in [-0.25, -0.2) is 13.1 Å². The van der Waals surface area contributed by atoms with Crippen molar-refractivity contribution in [1.29, 1.82) is 0 Å². The molecule has 1 aliphatic rings. The first kappa shape index (κ1) is 18.4. The fraction of sp³-hybridized carbons (Fsp3) is 0.316. The number of benzene rings is 2. The molecular formula is C19H22N2O4S. The summed E-state index contributed by atoms with van der Waals surface area (Å²) in [4.78, 5) is 11.5. The molecule has 1 heterocycles. The third-order valence-electron chi connectivity index (χ3n) is 4.20. The molecule has 3 rings (SSSR count). The van der Waals surface area contributed by atoms with Crippen molar-refractivity contribution < 1.29 is 17.9 Å². The van der Waals surface area contributed by atoms with Gasteiger partial charge >= 0.3 is 0 Å². The van der Waals surface area contributed by atoms with Crippen LogP contribution in [0.15, 0.2) is 47.4 Å². The van der Waals surface area contributed by atoms with Crippen LogP contribution in [0.25, 0.3) is 0 Å². The topological polar surface area (TPSA) is 84.5 Å². The van der Waals surface area contributed by atoms with Gasteiger partial charge in [-0.1, -0.05) is 26.0 Å². The van der Waals surface area contributed by atoms with Crippen LogP contribution in [0.5, 0.6) is 5.75 Å². The maximum atomic E-state index is 12.4. The van der Waals surface area contributed by atoms with E-state index in [1.165, 1.54) is 17.7 Å². The normalized spacial score (nSPS) is 13.6. The lowest BCUT2D eigenvalue weighted by atomic mass is 10.0. The van der Waals surface area contributed by atoms with E-state index in [0.717, 1.165) is 5.75 Å². The van der Waals surface area contributed by atoms with E-state index in [0.29, 0.717) is 17.2 Å². The lowest BCUT2D eigenvalue weighted by Crippen LogP contribution is -2.28. The molecular weight excluding hydrogens is 352 g/mol. The summed E-state index contributed by atoms with van der Waals surface area (Å²) in [5.41, 5.74) is 2.53. The van der Waals surface area contributed by atoms with E-state index < -0.39 is 10.0 Å². The molecule has 0 bridgehead atoms. The van der Waals surface area contributed by atoms with Crippen molar-refractivity contribution in [3.63, 3.8) is 0 Å². The van der Waals surface area contributed by atoms with Crippen LogP contribution in [0.2, 0.25) is 0 Å². The van der Waals surface area contributed by atoms with E-state index in [-0.39, 0.29) is 30.4 Å². The van der Waals surface area contributed by atoms with E-state index in [1.54, 1.807) is 6.07 Å². The van der Waals surface area contributed by atoms with Gasteiger partial charge in [-0.15, -0.1) is 0 Å². The number of anilines is 1. The summed E-state index contributed by atoms with van der Waals surface area (Å²) in [5.74, 6) is 0.996. The van der Waals surface area contributed by atoms with Gasteiger partial charge in [-0.05, 0) is 47.4 Å². The number of sulfonamides is 1. The summed E-state index contributed by atoms with van der Waals surface area (Å²) in [6.07, 6.45) is 0.202. The van der Waals surface area contributed by atoms with Crippen LogP contribution in [0.3, 0.4) is 0 Å². The van der Waals surface area contributed by atoms with Crippen LogP contribution in [-0.2, 0) is 21.2 Å². The molecule has 0 saturated carbocycles. The number of hydrogen-bond donors (Lipinski definition) is 2. The second kappa shape index (κ2) is 7.47. The standard InChI is InChI=1S/C19H22N2O4S/c1-13(2)14-4-3-5-16(10-14)25-9-8-20-26(23,24)17-6-7-18-15(11-17)12-19(22)21-18/h3-7,10-11,13,20H,8-9,12H2,1-2H3,(H,21,22). The summed E-state index contributed by atoms with van der Waals surface area (Å²) in [6.45, 7) is 4.59. The van der Waals surface area contributed by atoms with Gasteiger partial charge in [0.05, 0.1) is 11.3 Å². The van der Waals surface area contributed by atoms with Crippen LogP contribution < -0.4 is 14.8 Å². The van der Waals surface area contributed by atoms with Gasteiger partial charge in [0.15, 0.2) is 0 Å². The van der Waals surface area contributed by atoms with Gasteiger partial charge < -0.3 is 10.1 Å². The molecule has 138 valence electrons. The number of fused-ring (bicyclic) bond motifs is 1. The minimum absolute atomic E-state index is 0.125. The minimum Gasteiger partial charge on any atom is -0.492 e. The predicted octanol–water partition coefficient (Wildman–Crippen LogP) is 2.66. The molecule has 0 aliphatic carbocycles. The average Bonchev–Trinajstić information content (AvgIpc) is 2.98. The highest BCUT2D eigenvalue weighted by molar-refractivity contribution is 7.89. The Hall–Kier alpha value is -2.38. The van der Waals surface area contributed by atoms with Gasteiger partial charge in [0.1, 0.15) is 12.4 Å². The summed E-state index contributed by atoms with van der Waals surface area (Å²) in [7, 11) is -3.64. The van der Waals surface area contributed by atoms with Gasteiger partial charge in [0, 0.05) is 12.2 Å². The third-order valence-corrected chi connectivity index (χ3v) is 5.66. The molecule has 6 nitrogen and oxygen atoms in total. The van der Waals surface area contributed by atoms with E-state index in [2.05, 4.69) is 23.9 Å². The molecule has 0 saturated heterocycles. The van der Waals surface area contributed by atoms with Crippen LogP contribution in [-0.4, -0.2) is 27.5 Å². The zero-order chi connectivity index (χ0) is 18.7. The maximum Gasteiger partial charge on any atom is 0.240 e. The SMILES string of the molecule is CC(C)c1cccc(OCCNS(=O)(=O)c2ccc3c(c2)CC(=O)N3)c1. The zero-order valence-electron chi connectivity index (χ0n) is 14.8. The van der Waals surface area contributed by atoms with E-state index >= 15 is 0 Å². The van der Waals surface area contributed by atoms with Crippen LogP contribution in [0.1, 0.15) is 30.9 Å². The molecule has 0 aromatic heterocycles. The highest BCUT2D eigenvalue weighted by Crippen LogP contribution is 2.25. The van der Waals surface area contributed by atoms with Crippen molar-refractivity contribution in [1.82, 2.24) is 4.72 Å². The van der Waals surface area contributed by atoms with Crippen molar-refractivity contribution in [2.75, 3.05) is 18.5 Å². The lowest BCUT2D eigenvalue weighted by molar-refractivity contribution is -0.115. The van der Waals surface area contributed by atoms with Crippen molar-refractivity contribution in [2.24, 2.45) is 0 Å². The van der Waals surface area contributed by atoms with E-state index in [9.17, 15) is 13.2 Å². The molecule has 0 spiro atoms. The molecule has 0 fully saturated rings. The van der Waals surface area contributed by atoms with Crippen LogP contribution in [0, 0.1) is 0 Å². The molecule has 0 radical (unpaired) electrons. The van der Waals surface area contributed by atoms with Crippen LogP contribution >= 0.6 is 0 Å². The molecule has 2 N–H and O–H groups in total. The molecule has 0 atom stereocenters. The predicted molar refractivity (Wildman–Crippen MR) is 100.0 cm³/mol. The first-order valence-electron chi connectivity index (χ1n) is 8.50. The first-order chi connectivity index (χ1) is 12.3. The van der Waals surface area contributed by atoms with Gasteiger partial charge in [0.2, 0.25) is 15.9 Å². The summed E-state index contributed by atoms with van der Waals surface area (Å²) in [5, 5.41) is 2.68. The average molecular weight is 374 g/mol. The zero-order valence-corrected chi connectivity index (χ0v) is 15.6. The highest BCUT2D eigenvalue weighted by atomic mass is 32.2. The van der Waals surface area contributed by atoms with Gasteiger partial charge in [-0.3, -0.25) is 4.79 Å². The number of carbonyl (C=O) groups excluding carboxylic acids is 1. The number of rotatable bonds is 7. The number of carbonyl (C=O) groups is 1. The number of hydrogen-bond acceptors (Lipinski definition) is 4. The second-order valence-electron chi connectivity index (χ2n) is 6.52. The highest BCUT2D eigenvalue weighted by Gasteiger charge is 2.21. The first-order valence-corrected chi connectivity index (χ1v) is 9.99. The fourth-order valence-electron chi connectivity index (χ4n) is 2.76. The Bertz CT molecular complexity index is 923. The van der Waals surface area contributed by atoms with Gasteiger partial charge in [-0.2, -0.15) is 0 Å². The Morgan fingerprint density at radius 1 is 1.19 bits per heavy atom. The van der Waals surface area contributed by atoms with E-state index in [4.69, 9.17) is 4.74 Å². The number of nitrogens with one attached hydrogen (secondary N) is 2. The number of ether oxygens (including phenoxy) is 1. The Labute approximate surface area is 153 Å². The molecule has 2 aromatic carbocycles. The Balaban J connectivity index is 1.57. The Morgan fingerprint density at radius 2 is 2.00 bits per heavy atom. The quantitative estimate of drug-likeness (QED) is 0.730. The molecule has 26 heavy (non-hydrogen) atoms. The van der Waals surface area contributed by atoms with Crippen molar-refractivity contribution in [3.8, 4) is 5.75 Å². The molecule has 0 unspecified atom stereocenters. The van der Waals surface area contributed by atoms with Crippen molar-refractivity contribution in [2.45, 2.75) is 31.1 Å². The number of amides is 1. The second-order valence-corrected chi connectivity index (χ2v) is 8.28. The summed E-state index contributed by atoms with van der Waals surface area (Å²) < 4.78 is 33.0. The monoisotopic (exact) mass is 374 g/mol. The molecule has 2 aromatic rings. The molecule has 7 heteroatoms. The minimum atomic E-state index is -3.64. The van der Waals surface area contributed by atoms with Crippen molar-refractivity contribution >= 4 is 21.6 Å². The molecule has 1 aliphatic heterocycles. The van der Waals surface area contributed by atoms with E-state index in [1.807, 2.05) is 24.3 Å². The summed E-state index contributed by atoms with van der Waals surface area (Å²) in [6, 6.07) is 12.4. The Morgan fingerprint density at radius 3 is 2.77 bits per heavy atom.